The Morgan fingerprint density at radius 2 is 2.16 bits per heavy atom. The van der Waals surface area contributed by atoms with Crippen molar-refractivity contribution in [2.75, 3.05) is 0 Å². The Balaban J connectivity index is 2.12. The fraction of sp³-hybridized carbons (Fsp3) is 0.267. The van der Waals surface area contributed by atoms with Crippen LogP contribution in [0.5, 0.6) is 0 Å². The highest BCUT2D eigenvalue weighted by atomic mass is 79.9. The number of aryl methyl sites for hydroxylation is 1. The molecule has 2 aromatic rings. The second-order valence-electron chi connectivity index (χ2n) is 4.78. The van der Waals surface area contributed by atoms with E-state index in [1.807, 2.05) is 24.3 Å². The number of nitrogens with zero attached hydrogens (tertiary/aromatic N) is 1. The second kappa shape index (κ2) is 4.52. The van der Waals surface area contributed by atoms with Gasteiger partial charge >= 0.3 is 0 Å². The molecule has 3 nitrogen and oxygen atoms in total. The number of furan rings is 1. The molecule has 0 aliphatic heterocycles. The summed E-state index contributed by atoms with van der Waals surface area (Å²) in [5.74, 6) is 0.415. The minimum absolute atomic E-state index is 0.415. The molecule has 1 aliphatic rings. The van der Waals surface area contributed by atoms with Gasteiger partial charge in [-0.05, 0) is 46.0 Å². The van der Waals surface area contributed by atoms with Crippen LogP contribution in [0.3, 0.4) is 0 Å². The standard InChI is InChI=1S/C15H12BrNO2/c16-12-6-8-19-13(12)14(18)15(9-17)7-5-10-3-1-2-4-11(10)15/h1-4,6,8,14,18H,5,7H2. The van der Waals surface area contributed by atoms with Gasteiger partial charge in [-0.2, -0.15) is 5.26 Å². The van der Waals surface area contributed by atoms with Crippen molar-refractivity contribution < 1.29 is 9.52 Å². The number of rotatable bonds is 2. The molecule has 2 atom stereocenters. The summed E-state index contributed by atoms with van der Waals surface area (Å²) < 4.78 is 6.03. The fourth-order valence-corrected chi connectivity index (χ4v) is 3.24. The molecule has 1 aliphatic carbocycles. The van der Waals surface area contributed by atoms with Gasteiger partial charge in [0.1, 0.15) is 17.3 Å². The molecule has 96 valence electrons. The molecule has 1 aromatic carbocycles. The van der Waals surface area contributed by atoms with Crippen molar-refractivity contribution in [3.63, 3.8) is 0 Å². The fourth-order valence-electron chi connectivity index (χ4n) is 2.83. The van der Waals surface area contributed by atoms with Crippen LogP contribution in [0.2, 0.25) is 0 Å². The number of aliphatic hydroxyl groups is 1. The quantitative estimate of drug-likeness (QED) is 0.922. The van der Waals surface area contributed by atoms with E-state index >= 15 is 0 Å². The monoisotopic (exact) mass is 317 g/mol. The lowest BCUT2D eigenvalue weighted by atomic mass is 9.77. The van der Waals surface area contributed by atoms with Crippen molar-refractivity contribution in [1.82, 2.24) is 0 Å². The van der Waals surface area contributed by atoms with Crippen LogP contribution in [0.4, 0.5) is 0 Å². The van der Waals surface area contributed by atoms with Crippen LogP contribution in [0.25, 0.3) is 0 Å². The molecule has 0 saturated carbocycles. The van der Waals surface area contributed by atoms with Gasteiger partial charge in [0.25, 0.3) is 0 Å². The van der Waals surface area contributed by atoms with Gasteiger partial charge in [-0.25, -0.2) is 0 Å². The number of hydrogen-bond donors (Lipinski definition) is 1. The van der Waals surface area contributed by atoms with Gasteiger partial charge in [0.15, 0.2) is 0 Å². The number of hydrogen-bond acceptors (Lipinski definition) is 3. The van der Waals surface area contributed by atoms with Crippen molar-refractivity contribution in [2.45, 2.75) is 24.4 Å². The largest absolute Gasteiger partial charge is 0.465 e. The predicted molar refractivity (Wildman–Crippen MR) is 73.4 cm³/mol. The molecule has 1 N–H and O–H groups in total. The number of aliphatic hydroxyl groups excluding tert-OH is 1. The van der Waals surface area contributed by atoms with Crippen LogP contribution < -0.4 is 0 Å². The normalized spacial score (nSPS) is 22.8. The Morgan fingerprint density at radius 1 is 1.37 bits per heavy atom. The van der Waals surface area contributed by atoms with Gasteiger partial charge in [-0.1, -0.05) is 24.3 Å². The number of halogens is 1. The lowest BCUT2D eigenvalue weighted by molar-refractivity contribution is 0.0871. The van der Waals surface area contributed by atoms with Gasteiger partial charge in [0.2, 0.25) is 0 Å². The van der Waals surface area contributed by atoms with E-state index in [1.54, 1.807) is 6.07 Å². The Labute approximate surface area is 119 Å². The molecule has 19 heavy (non-hydrogen) atoms. The first-order valence-electron chi connectivity index (χ1n) is 6.09. The highest BCUT2D eigenvalue weighted by molar-refractivity contribution is 9.10. The van der Waals surface area contributed by atoms with Crippen LogP contribution in [0.15, 0.2) is 45.5 Å². The smallest absolute Gasteiger partial charge is 0.148 e. The number of benzene rings is 1. The molecule has 2 unspecified atom stereocenters. The van der Waals surface area contributed by atoms with E-state index in [9.17, 15) is 10.4 Å². The van der Waals surface area contributed by atoms with Crippen molar-refractivity contribution in [1.29, 1.82) is 5.26 Å². The minimum Gasteiger partial charge on any atom is -0.465 e. The van der Waals surface area contributed by atoms with E-state index < -0.39 is 11.5 Å². The molecule has 4 heteroatoms. The summed E-state index contributed by atoms with van der Waals surface area (Å²) in [6, 6.07) is 11.8. The van der Waals surface area contributed by atoms with Crippen molar-refractivity contribution >= 4 is 15.9 Å². The lowest BCUT2D eigenvalue weighted by Gasteiger charge is -2.27. The topological polar surface area (TPSA) is 57.2 Å². The molecule has 0 radical (unpaired) electrons. The van der Waals surface area contributed by atoms with Crippen LogP contribution in [0, 0.1) is 11.3 Å². The lowest BCUT2D eigenvalue weighted by Crippen LogP contribution is -2.29. The van der Waals surface area contributed by atoms with Crippen LogP contribution in [0.1, 0.15) is 29.4 Å². The van der Waals surface area contributed by atoms with Crippen LogP contribution >= 0.6 is 15.9 Å². The second-order valence-corrected chi connectivity index (χ2v) is 5.63. The summed E-state index contributed by atoms with van der Waals surface area (Å²) in [7, 11) is 0. The number of nitriles is 1. The predicted octanol–water partition coefficient (Wildman–Crippen LogP) is 3.48. The molecular formula is C15H12BrNO2. The Bertz CT molecular complexity index is 658. The molecule has 0 amide bonds. The molecule has 0 spiro atoms. The Hall–Kier alpha value is -1.57. The summed E-state index contributed by atoms with van der Waals surface area (Å²) >= 11 is 3.34. The van der Waals surface area contributed by atoms with Gasteiger partial charge in [0, 0.05) is 0 Å². The Morgan fingerprint density at radius 3 is 2.84 bits per heavy atom. The third-order valence-corrected chi connectivity index (χ3v) is 4.50. The third-order valence-electron chi connectivity index (χ3n) is 3.85. The van der Waals surface area contributed by atoms with Gasteiger partial charge < -0.3 is 9.52 Å². The maximum absolute atomic E-state index is 10.6. The van der Waals surface area contributed by atoms with E-state index in [2.05, 4.69) is 22.0 Å². The first kappa shape index (κ1) is 12.5. The SMILES string of the molecule is N#CC1(C(O)c2occc2Br)CCc2ccccc21. The highest BCUT2D eigenvalue weighted by Gasteiger charge is 2.47. The minimum atomic E-state index is -0.967. The molecular weight excluding hydrogens is 306 g/mol. The zero-order chi connectivity index (χ0) is 13.5. The Kier molecular flexibility index (Phi) is 2.96. The van der Waals surface area contributed by atoms with E-state index in [0.717, 1.165) is 17.5 Å². The molecule has 1 heterocycles. The molecule has 0 saturated heterocycles. The summed E-state index contributed by atoms with van der Waals surface area (Å²) in [6.45, 7) is 0. The van der Waals surface area contributed by atoms with E-state index in [-0.39, 0.29) is 0 Å². The first-order valence-corrected chi connectivity index (χ1v) is 6.89. The van der Waals surface area contributed by atoms with E-state index in [4.69, 9.17) is 4.42 Å². The molecule has 1 aromatic heterocycles. The molecule has 0 fully saturated rings. The molecule has 3 rings (SSSR count). The van der Waals surface area contributed by atoms with Crippen molar-refractivity contribution in [3.05, 3.63) is 58.0 Å². The summed E-state index contributed by atoms with van der Waals surface area (Å²) in [6.07, 6.45) is 1.95. The number of fused-ring (bicyclic) bond motifs is 1. The third kappa shape index (κ3) is 1.73. The average Bonchev–Trinajstić information content (AvgIpc) is 3.02. The first-order chi connectivity index (χ1) is 9.19. The van der Waals surface area contributed by atoms with Gasteiger partial charge in [0.05, 0.1) is 16.8 Å². The highest BCUT2D eigenvalue weighted by Crippen LogP contribution is 2.48. The van der Waals surface area contributed by atoms with Gasteiger partial charge in [-0.15, -0.1) is 0 Å². The summed E-state index contributed by atoms with van der Waals surface area (Å²) in [5, 5.41) is 20.3. The van der Waals surface area contributed by atoms with E-state index in [0.29, 0.717) is 16.7 Å². The van der Waals surface area contributed by atoms with Crippen molar-refractivity contribution in [3.8, 4) is 6.07 Å². The molecule has 0 bridgehead atoms. The van der Waals surface area contributed by atoms with E-state index in [1.165, 1.54) is 6.26 Å². The van der Waals surface area contributed by atoms with Crippen LogP contribution in [-0.2, 0) is 11.8 Å². The van der Waals surface area contributed by atoms with Crippen molar-refractivity contribution in [2.24, 2.45) is 0 Å². The van der Waals surface area contributed by atoms with Gasteiger partial charge in [-0.3, -0.25) is 0 Å². The average molecular weight is 318 g/mol. The maximum atomic E-state index is 10.6. The maximum Gasteiger partial charge on any atom is 0.148 e. The summed E-state index contributed by atoms with van der Waals surface area (Å²) in [5.41, 5.74) is 1.12. The van der Waals surface area contributed by atoms with Crippen LogP contribution in [-0.4, -0.2) is 5.11 Å². The summed E-state index contributed by atoms with van der Waals surface area (Å²) in [4.78, 5) is 0. The zero-order valence-electron chi connectivity index (χ0n) is 10.1. The zero-order valence-corrected chi connectivity index (χ0v) is 11.7.